The summed E-state index contributed by atoms with van der Waals surface area (Å²) in [6, 6.07) is 17.7. The second-order valence-electron chi connectivity index (χ2n) is 7.59. The molecule has 0 radical (unpaired) electrons. The smallest absolute Gasteiger partial charge is 0.337 e. The van der Waals surface area contributed by atoms with Gasteiger partial charge in [0.2, 0.25) is 11.7 Å². The molecule has 0 aliphatic heterocycles. The molecule has 0 spiro atoms. The van der Waals surface area contributed by atoms with Crippen molar-refractivity contribution in [3.8, 4) is 22.5 Å². The number of fused-ring (bicyclic) bond motifs is 1. The maximum atomic E-state index is 13.4. The predicted octanol–water partition coefficient (Wildman–Crippen LogP) is 5.55. The Morgan fingerprint density at radius 2 is 1.55 bits per heavy atom. The molecule has 1 aliphatic rings. The quantitative estimate of drug-likeness (QED) is 0.431. The number of nitrogens with zero attached hydrogens (tertiary/aromatic N) is 4. The van der Waals surface area contributed by atoms with Crippen molar-refractivity contribution >= 4 is 0 Å². The summed E-state index contributed by atoms with van der Waals surface area (Å²) in [6.45, 7) is 0.0213. The van der Waals surface area contributed by atoms with Crippen LogP contribution in [0.2, 0.25) is 0 Å². The van der Waals surface area contributed by atoms with Gasteiger partial charge in [-0.1, -0.05) is 59.8 Å². The second kappa shape index (κ2) is 7.68. The van der Waals surface area contributed by atoms with E-state index >= 15 is 0 Å². The summed E-state index contributed by atoms with van der Waals surface area (Å²) in [5, 5.41) is 7.85. The molecule has 0 saturated carbocycles. The standard InChI is InChI=1S/C23H19F3N4O/c24-23(25,26)21-18-8-4-5-9-19(18)30(28-21)14-20-27-22(29-31-20)17-12-10-16(11-13-17)15-6-2-1-3-7-15/h1-3,6-7,10-13H,4-5,8-9,14H2. The summed E-state index contributed by atoms with van der Waals surface area (Å²) in [5.74, 6) is 0.624. The third-order valence-corrected chi connectivity index (χ3v) is 5.53. The van der Waals surface area contributed by atoms with E-state index in [0.717, 1.165) is 29.5 Å². The number of halogens is 3. The van der Waals surface area contributed by atoms with Gasteiger partial charge in [0.25, 0.3) is 0 Å². The summed E-state index contributed by atoms with van der Waals surface area (Å²) in [7, 11) is 0. The molecule has 8 heteroatoms. The predicted molar refractivity (Wildman–Crippen MR) is 108 cm³/mol. The number of alkyl halides is 3. The molecule has 0 fully saturated rings. The molecular weight excluding hydrogens is 405 g/mol. The van der Waals surface area contributed by atoms with Gasteiger partial charge in [0.05, 0.1) is 0 Å². The van der Waals surface area contributed by atoms with Gasteiger partial charge in [-0.05, 0) is 36.8 Å². The van der Waals surface area contributed by atoms with Gasteiger partial charge in [-0.25, -0.2) is 0 Å². The highest BCUT2D eigenvalue weighted by atomic mass is 19.4. The summed E-state index contributed by atoms with van der Waals surface area (Å²) >= 11 is 0. The lowest BCUT2D eigenvalue weighted by Crippen LogP contribution is -2.11. The molecule has 0 saturated heterocycles. The summed E-state index contributed by atoms with van der Waals surface area (Å²) < 4.78 is 46.8. The van der Waals surface area contributed by atoms with Crippen molar-refractivity contribution in [3.63, 3.8) is 0 Å². The number of hydrogen-bond donors (Lipinski definition) is 0. The molecule has 5 rings (SSSR count). The molecule has 0 amide bonds. The highest BCUT2D eigenvalue weighted by Crippen LogP contribution is 2.36. The van der Waals surface area contributed by atoms with E-state index in [4.69, 9.17) is 4.52 Å². The topological polar surface area (TPSA) is 56.7 Å². The average molecular weight is 424 g/mol. The fraction of sp³-hybridized carbons (Fsp3) is 0.261. The van der Waals surface area contributed by atoms with E-state index in [1.54, 1.807) is 0 Å². The zero-order valence-electron chi connectivity index (χ0n) is 16.6. The molecule has 2 heterocycles. The van der Waals surface area contributed by atoms with Crippen LogP contribution in [0.15, 0.2) is 59.1 Å². The Morgan fingerprint density at radius 1 is 0.871 bits per heavy atom. The fourth-order valence-corrected chi connectivity index (χ4v) is 4.04. The van der Waals surface area contributed by atoms with Crippen molar-refractivity contribution in [2.24, 2.45) is 0 Å². The Balaban J connectivity index is 1.39. The van der Waals surface area contributed by atoms with Gasteiger partial charge in [0, 0.05) is 16.8 Å². The Kier molecular flexibility index (Phi) is 4.84. The van der Waals surface area contributed by atoms with E-state index in [1.807, 2.05) is 54.6 Å². The fourth-order valence-electron chi connectivity index (χ4n) is 4.04. The monoisotopic (exact) mass is 424 g/mol. The zero-order chi connectivity index (χ0) is 21.4. The van der Waals surface area contributed by atoms with Gasteiger partial charge in [0.1, 0.15) is 6.54 Å². The third kappa shape index (κ3) is 3.85. The van der Waals surface area contributed by atoms with Crippen molar-refractivity contribution in [2.75, 3.05) is 0 Å². The molecule has 0 unspecified atom stereocenters. The first-order valence-electron chi connectivity index (χ1n) is 10.1. The van der Waals surface area contributed by atoms with E-state index in [1.165, 1.54) is 4.68 Å². The van der Waals surface area contributed by atoms with Gasteiger partial charge < -0.3 is 4.52 Å². The molecule has 2 aromatic heterocycles. The van der Waals surface area contributed by atoms with E-state index in [9.17, 15) is 13.2 Å². The normalized spacial score (nSPS) is 13.9. The Morgan fingerprint density at radius 3 is 2.29 bits per heavy atom. The highest BCUT2D eigenvalue weighted by molar-refractivity contribution is 5.67. The van der Waals surface area contributed by atoms with Crippen LogP contribution in [0, 0.1) is 0 Å². The first kappa shape index (κ1) is 19.5. The third-order valence-electron chi connectivity index (χ3n) is 5.53. The number of benzene rings is 2. The molecule has 158 valence electrons. The van der Waals surface area contributed by atoms with E-state index < -0.39 is 11.9 Å². The first-order chi connectivity index (χ1) is 15.0. The Hall–Kier alpha value is -3.42. The summed E-state index contributed by atoms with van der Waals surface area (Å²) in [6.07, 6.45) is -1.91. The molecule has 2 aromatic carbocycles. The van der Waals surface area contributed by atoms with Crippen molar-refractivity contribution < 1.29 is 17.7 Å². The van der Waals surface area contributed by atoms with E-state index in [2.05, 4.69) is 15.2 Å². The Bertz CT molecular complexity index is 1190. The summed E-state index contributed by atoms with van der Waals surface area (Å²) in [4.78, 5) is 4.38. The van der Waals surface area contributed by atoms with Crippen LogP contribution in [-0.2, 0) is 25.6 Å². The average Bonchev–Trinajstić information content (AvgIpc) is 3.40. The number of aromatic nitrogens is 4. The number of hydrogen-bond acceptors (Lipinski definition) is 4. The molecule has 31 heavy (non-hydrogen) atoms. The van der Waals surface area contributed by atoms with Gasteiger partial charge in [-0.15, -0.1) is 0 Å². The highest BCUT2D eigenvalue weighted by Gasteiger charge is 2.39. The second-order valence-corrected chi connectivity index (χ2v) is 7.59. The van der Waals surface area contributed by atoms with E-state index in [-0.39, 0.29) is 12.4 Å². The van der Waals surface area contributed by atoms with Crippen molar-refractivity contribution in [1.29, 1.82) is 0 Å². The van der Waals surface area contributed by atoms with Crippen LogP contribution in [0.5, 0.6) is 0 Å². The van der Waals surface area contributed by atoms with Crippen LogP contribution < -0.4 is 0 Å². The first-order valence-corrected chi connectivity index (χ1v) is 10.1. The van der Waals surface area contributed by atoms with Crippen LogP contribution in [0.4, 0.5) is 13.2 Å². The van der Waals surface area contributed by atoms with Gasteiger partial charge in [-0.2, -0.15) is 23.3 Å². The minimum Gasteiger partial charge on any atom is -0.337 e. The SMILES string of the molecule is FC(F)(F)c1nn(Cc2nc(-c3ccc(-c4ccccc4)cc3)no2)c2c1CCCC2. The molecule has 0 atom stereocenters. The van der Waals surface area contributed by atoms with Gasteiger partial charge >= 0.3 is 6.18 Å². The van der Waals surface area contributed by atoms with Gasteiger partial charge in [0.15, 0.2) is 5.69 Å². The van der Waals surface area contributed by atoms with Crippen LogP contribution in [0.1, 0.15) is 35.7 Å². The van der Waals surface area contributed by atoms with Crippen molar-refractivity contribution in [1.82, 2.24) is 19.9 Å². The van der Waals surface area contributed by atoms with Crippen LogP contribution >= 0.6 is 0 Å². The van der Waals surface area contributed by atoms with E-state index in [0.29, 0.717) is 29.9 Å². The Labute approximate surface area is 176 Å². The molecular formula is C23H19F3N4O. The van der Waals surface area contributed by atoms with Crippen molar-refractivity contribution in [3.05, 3.63) is 77.4 Å². The van der Waals surface area contributed by atoms with Crippen molar-refractivity contribution in [2.45, 2.75) is 38.4 Å². The minimum absolute atomic E-state index is 0.0213. The molecule has 1 aliphatic carbocycles. The largest absolute Gasteiger partial charge is 0.435 e. The molecule has 4 aromatic rings. The zero-order valence-corrected chi connectivity index (χ0v) is 16.6. The van der Waals surface area contributed by atoms with Crippen LogP contribution in [-0.4, -0.2) is 19.9 Å². The molecule has 5 nitrogen and oxygen atoms in total. The lowest BCUT2D eigenvalue weighted by atomic mass is 9.95. The lowest BCUT2D eigenvalue weighted by molar-refractivity contribution is -0.142. The minimum atomic E-state index is -4.47. The molecule has 0 bridgehead atoms. The maximum Gasteiger partial charge on any atom is 0.435 e. The summed E-state index contributed by atoms with van der Waals surface area (Å²) in [5.41, 5.74) is 3.06. The maximum absolute atomic E-state index is 13.4. The van der Waals surface area contributed by atoms with Crippen LogP contribution in [0.3, 0.4) is 0 Å². The lowest BCUT2D eigenvalue weighted by Gasteiger charge is -2.14. The van der Waals surface area contributed by atoms with Gasteiger partial charge in [-0.3, -0.25) is 4.68 Å². The molecule has 0 N–H and O–H groups in total. The number of rotatable bonds is 4. The van der Waals surface area contributed by atoms with Crippen LogP contribution in [0.25, 0.3) is 22.5 Å².